The lowest BCUT2D eigenvalue weighted by Crippen LogP contribution is -3.00. The Balaban J connectivity index is 0.000000715. The van der Waals surface area contributed by atoms with Crippen molar-refractivity contribution < 1.29 is 22.1 Å². The van der Waals surface area contributed by atoms with Crippen molar-refractivity contribution in [2.75, 3.05) is 13.7 Å². The molecule has 1 aliphatic rings. The highest BCUT2D eigenvalue weighted by atomic mass is 35.5. The molecule has 0 saturated carbocycles. The van der Waals surface area contributed by atoms with Crippen molar-refractivity contribution in [2.24, 2.45) is 12.8 Å². The number of aryl methyl sites for hydroxylation is 1. The van der Waals surface area contributed by atoms with Gasteiger partial charge in [-0.15, -0.1) is 0 Å². The minimum Gasteiger partial charge on any atom is -1.00 e. The number of quaternary nitrogens is 1. The molecule has 0 aliphatic carbocycles. The maximum atomic E-state index is 8.25. The van der Waals surface area contributed by atoms with Gasteiger partial charge in [-0.2, -0.15) is 0 Å². The van der Waals surface area contributed by atoms with Gasteiger partial charge in [-0.05, 0) is 0 Å². The van der Waals surface area contributed by atoms with Gasteiger partial charge in [0, 0.05) is 13.5 Å². The number of nitrogens with zero attached hydrogens (tertiary/aromatic N) is 5. The standard InChI is InChI=1S/C11H21N5.ClH.NO3/c1-4-11(12)16(8-7-14(3)10-16)15-6-5-13(2)9-15;;2-1(3)4/h5-9,11H,4,10,12H2,1-3H3;1H;/q+2;;-1/p-1. The van der Waals surface area contributed by atoms with Crippen molar-refractivity contribution in [3.05, 3.63) is 46.4 Å². The van der Waals surface area contributed by atoms with Crippen molar-refractivity contribution in [1.82, 2.24) is 14.2 Å². The Morgan fingerprint density at radius 3 is 2.43 bits per heavy atom. The van der Waals surface area contributed by atoms with E-state index in [1.54, 1.807) is 0 Å². The summed E-state index contributed by atoms with van der Waals surface area (Å²) in [5, 5.41) is 14.8. The van der Waals surface area contributed by atoms with Crippen molar-refractivity contribution in [3.8, 4) is 0 Å². The molecular weight excluding hydrogens is 300 g/mol. The van der Waals surface area contributed by atoms with Gasteiger partial charge in [0.25, 0.3) is 6.33 Å². The minimum atomic E-state index is -1.75. The second-order valence-corrected chi connectivity index (χ2v) is 4.74. The lowest BCUT2D eigenvalue weighted by atomic mass is 10.3. The Morgan fingerprint density at radius 2 is 2.10 bits per heavy atom. The third-order valence-electron chi connectivity index (χ3n) is 3.21. The Labute approximate surface area is 129 Å². The van der Waals surface area contributed by atoms with Crippen molar-refractivity contribution >= 4 is 0 Å². The molecule has 0 fully saturated rings. The molecule has 120 valence electrons. The quantitative estimate of drug-likeness (QED) is 0.270. The van der Waals surface area contributed by atoms with Crippen LogP contribution in [0.15, 0.2) is 31.1 Å². The molecule has 0 amide bonds. The predicted octanol–water partition coefficient (Wildman–Crippen LogP) is -3.41. The van der Waals surface area contributed by atoms with E-state index in [1.165, 1.54) is 0 Å². The number of aromatic nitrogens is 2. The van der Waals surface area contributed by atoms with Crippen LogP contribution >= 0.6 is 0 Å². The summed E-state index contributed by atoms with van der Waals surface area (Å²) in [6, 6.07) is 0. The van der Waals surface area contributed by atoms with Crippen LogP contribution in [0.5, 0.6) is 0 Å². The van der Waals surface area contributed by atoms with Crippen LogP contribution < -0.4 is 27.3 Å². The van der Waals surface area contributed by atoms with E-state index in [0.717, 1.165) is 13.1 Å². The molecule has 2 N–H and O–H groups in total. The summed E-state index contributed by atoms with van der Waals surface area (Å²) in [6.45, 7) is 3.00. The highest BCUT2D eigenvalue weighted by Gasteiger charge is 2.43. The summed E-state index contributed by atoms with van der Waals surface area (Å²) in [5.41, 5.74) is 6.28. The van der Waals surface area contributed by atoms with E-state index in [0.29, 0.717) is 4.59 Å². The number of halogens is 1. The maximum absolute atomic E-state index is 8.25. The zero-order valence-corrected chi connectivity index (χ0v) is 13.1. The van der Waals surface area contributed by atoms with Gasteiger partial charge in [0.2, 0.25) is 0 Å². The molecule has 21 heavy (non-hydrogen) atoms. The van der Waals surface area contributed by atoms with Gasteiger partial charge >= 0.3 is 0 Å². The smallest absolute Gasteiger partial charge is 0.295 e. The van der Waals surface area contributed by atoms with E-state index in [2.05, 4.69) is 48.5 Å². The molecule has 0 saturated heterocycles. The van der Waals surface area contributed by atoms with E-state index in [-0.39, 0.29) is 18.6 Å². The summed E-state index contributed by atoms with van der Waals surface area (Å²) in [5.74, 6) is 0. The SMILES string of the molecule is CCC(N)[N+]1(n2cc[n+](C)c2)C=CN(C)C1.O=[N+]([O-])[O-].[Cl-]. The third kappa shape index (κ3) is 4.59. The molecule has 0 spiro atoms. The average Bonchev–Trinajstić information content (AvgIpc) is 2.95. The van der Waals surface area contributed by atoms with Gasteiger partial charge in [-0.3, -0.25) is 5.73 Å². The molecule has 2 unspecified atom stereocenters. The molecule has 1 aliphatic heterocycles. The highest BCUT2D eigenvalue weighted by Crippen LogP contribution is 2.18. The van der Waals surface area contributed by atoms with Crippen LogP contribution in [0.1, 0.15) is 13.3 Å². The van der Waals surface area contributed by atoms with E-state index >= 15 is 0 Å². The Morgan fingerprint density at radius 1 is 1.52 bits per heavy atom. The summed E-state index contributed by atoms with van der Waals surface area (Å²) in [6.07, 6.45) is 11.4. The van der Waals surface area contributed by atoms with E-state index in [4.69, 9.17) is 21.1 Å². The van der Waals surface area contributed by atoms with Crippen LogP contribution in [0.2, 0.25) is 0 Å². The molecule has 2 heterocycles. The van der Waals surface area contributed by atoms with Gasteiger partial charge in [-0.25, -0.2) is 4.57 Å². The first-order valence-corrected chi connectivity index (χ1v) is 6.20. The van der Waals surface area contributed by atoms with Gasteiger partial charge in [0.05, 0.1) is 18.3 Å². The lowest BCUT2D eigenvalue weighted by molar-refractivity contribution is -0.671. The summed E-state index contributed by atoms with van der Waals surface area (Å²) in [4.78, 5) is 10.4. The number of nitrogens with two attached hydrogens (primary N) is 1. The van der Waals surface area contributed by atoms with Crippen LogP contribution in [0, 0.1) is 15.3 Å². The Hall–Kier alpha value is -1.84. The number of hydrogen-bond donors (Lipinski definition) is 1. The molecule has 2 atom stereocenters. The third-order valence-corrected chi connectivity index (χ3v) is 3.21. The number of rotatable bonds is 3. The molecule has 1 aromatic heterocycles. The first-order valence-electron chi connectivity index (χ1n) is 6.20. The molecule has 0 bridgehead atoms. The molecule has 9 nitrogen and oxygen atoms in total. The van der Waals surface area contributed by atoms with E-state index in [9.17, 15) is 0 Å². The second-order valence-electron chi connectivity index (χ2n) is 4.74. The molecule has 0 aromatic carbocycles. The van der Waals surface area contributed by atoms with Crippen molar-refractivity contribution in [1.29, 1.82) is 0 Å². The predicted molar refractivity (Wildman–Crippen MR) is 73.5 cm³/mol. The molecule has 10 heteroatoms. The topological polar surface area (TPSA) is 104 Å². The maximum Gasteiger partial charge on any atom is 0.295 e. The molecule has 1 aromatic rings. The van der Waals surface area contributed by atoms with Crippen molar-refractivity contribution in [2.45, 2.75) is 19.5 Å². The zero-order chi connectivity index (χ0) is 15.3. The largest absolute Gasteiger partial charge is 1.00 e. The molecule has 0 radical (unpaired) electrons. The Bertz CT molecular complexity index is 490. The van der Waals surface area contributed by atoms with E-state index < -0.39 is 5.09 Å². The fourth-order valence-electron chi connectivity index (χ4n) is 2.19. The van der Waals surface area contributed by atoms with Gasteiger partial charge in [0.1, 0.15) is 6.20 Å². The molecule has 2 rings (SSSR count). The summed E-state index contributed by atoms with van der Waals surface area (Å²) < 4.78 is 4.84. The number of hydrogen-bond acceptors (Lipinski definition) is 5. The first kappa shape index (κ1) is 19.2. The highest BCUT2D eigenvalue weighted by molar-refractivity contribution is 5.06. The fourth-order valence-corrected chi connectivity index (χ4v) is 2.19. The van der Waals surface area contributed by atoms with Crippen LogP contribution in [-0.2, 0) is 7.05 Å². The summed E-state index contributed by atoms with van der Waals surface area (Å²) >= 11 is 0. The van der Waals surface area contributed by atoms with Crippen LogP contribution in [0.3, 0.4) is 0 Å². The fraction of sp³-hybridized carbons (Fsp3) is 0.545. The van der Waals surface area contributed by atoms with Crippen LogP contribution in [0.25, 0.3) is 0 Å². The number of imidazole rings is 1. The molecular formula is C11H21ClN6O3. The average molecular weight is 321 g/mol. The van der Waals surface area contributed by atoms with Crippen LogP contribution in [0.4, 0.5) is 0 Å². The van der Waals surface area contributed by atoms with Gasteiger partial charge < -0.3 is 32.6 Å². The summed E-state index contributed by atoms with van der Waals surface area (Å²) in [7, 11) is 4.09. The van der Waals surface area contributed by atoms with Crippen molar-refractivity contribution in [3.63, 3.8) is 0 Å². The minimum absolute atomic E-state index is 0. The lowest BCUT2D eigenvalue weighted by Gasteiger charge is -2.31. The Kier molecular flexibility index (Phi) is 7.13. The van der Waals surface area contributed by atoms with E-state index in [1.807, 2.05) is 17.8 Å². The first-order chi connectivity index (χ1) is 9.31. The normalized spacial score (nSPS) is 21.2. The monoisotopic (exact) mass is 320 g/mol. The second kappa shape index (κ2) is 7.81. The zero-order valence-electron chi connectivity index (χ0n) is 12.3. The van der Waals surface area contributed by atoms with Gasteiger partial charge in [-0.1, -0.05) is 16.2 Å². The van der Waals surface area contributed by atoms with Crippen LogP contribution in [-0.4, -0.2) is 34.5 Å². The van der Waals surface area contributed by atoms with Gasteiger partial charge in [0.15, 0.2) is 25.2 Å².